The lowest BCUT2D eigenvalue weighted by atomic mass is 10.1. The van der Waals surface area contributed by atoms with Gasteiger partial charge in [0.05, 0.1) is 11.6 Å². The molecule has 0 fully saturated rings. The Hall–Kier alpha value is -3.05. The molecule has 94 valence electrons. The van der Waals surface area contributed by atoms with Crippen molar-refractivity contribution < 1.29 is 9.90 Å². The number of anilines is 1. The highest BCUT2D eigenvalue weighted by atomic mass is 16.3. The van der Waals surface area contributed by atoms with Crippen LogP contribution in [0.2, 0.25) is 0 Å². The Labute approximate surface area is 110 Å². The van der Waals surface area contributed by atoms with Gasteiger partial charge in [-0.25, -0.2) is 0 Å². The zero-order chi connectivity index (χ0) is 14.4. The highest BCUT2D eigenvalue weighted by Crippen LogP contribution is 2.13. The Morgan fingerprint density at radius 2 is 1.89 bits per heavy atom. The van der Waals surface area contributed by atoms with Crippen molar-refractivity contribution in [2.75, 3.05) is 5.32 Å². The molecule has 0 radical (unpaired) electrons. The molecule has 0 aromatic heterocycles. The van der Waals surface area contributed by atoms with E-state index < -0.39 is 17.2 Å². The molecule has 1 amide bonds. The molecule has 1 aromatic rings. The molecule has 19 heavy (non-hydrogen) atoms. The number of rotatable bonds is 3. The molecular formula is C14H11N3O2. The first-order valence-electron chi connectivity index (χ1n) is 5.30. The van der Waals surface area contributed by atoms with Crippen LogP contribution in [0.15, 0.2) is 47.7 Å². The van der Waals surface area contributed by atoms with Crippen molar-refractivity contribution in [3.05, 3.63) is 53.3 Å². The first-order chi connectivity index (χ1) is 8.99. The highest BCUT2D eigenvalue weighted by molar-refractivity contribution is 6.07. The summed E-state index contributed by atoms with van der Waals surface area (Å²) in [5, 5.41) is 29.5. The van der Waals surface area contributed by atoms with Crippen molar-refractivity contribution >= 4 is 11.6 Å². The maximum absolute atomic E-state index is 11.8. The molecule has 1 rings (SSSR count). The molecule has 2 N–H and O–H groups in total. The van der Waals surface area contributed by atoms with Crippen LogP contribution in [-0.4, -0.2) is 11.0 Å². The summed E-state index contributed by atoms with van der Waals surface area (Å²) in [6, 6.07) is 9.70. The molecule has 5 heteroatoms. The van der Waals surface area contributed by atoms with Crippen LogP contribution in [0.25, 0.3) is 0 Å². The molecule has 5 nitrogen and oxygen atoms in total. The van der Waals surface area contributed by atoms with Gasteiger partial charge in [0.25, 0.3) is 5.91 Å². The van der Waals surface area contributed by atoms with Crippen molar-refractivity contribution in [2.45, 2.75) is 6.92 Å². The summed E-state index contributed by atoms with van der Waals surface area (Å²) < 4.78 is 0. The minimum absolute atomic E-state index is 0.228. The Bertz CT molecular complexity index is 628. The van der Waals surface area contributed by atoms with Crippen molar-refractivity contribution in [3.8, 4) is 12.1 Å². The first kappa shape index (κ1) is 14.0. The van der Waals surface area contributed by atoms with Gasteiger partial charge in [-0.3, -0.25) is 4.79 Å². The topological polar surface area (TPSA) is 96.9 Å². The fraction of sp³-hybridized carbons (Fsp3) is 0.0714. The van der Waals surface area contributed by atoms with Gasteiger partial charge >= 0.3 is 0 Å². The van der Waals surface area contributed by atoms with Crippen molar-refractivity contribution in [3.63, 3.8) is 0 Å². The minimum atomic E-state index is -0.729. The zero-order valence-electron chi connectivity index (χ0n) is 10.3. The predicted octanol–water partition coefficient (Wildman–Crippen LogP) is 2.41. The zero-order valence-corrected chi connectivity index (χ0v) is 10.3. The number of amides is 1. The third-order valence-electron chi connectivity index (χ3n) is 2.25. The summed E-state index contributed by atoms with van der Waals surface area (Å²) in [6.07, 6.45) is 0. The van der Waals surface area contributed by atoms with Crippen molar-refractivity contribution in [2.24, 2.45) is 0 Å². The van der Waals surface area contributed by atoms with E-state index in [9.17, 15) is 9.90 Å². The summed E-state index contributed by atoms with van der Waals surface area (Å²) in [4.78, 5) is 11.8. The van der Waals surface area contributed by atoms with E-state index in [0.717, 1.165) is 0 Å². The van der Waals surface area contributed by atoms with Gasteiger partial charge in [0.1, 0.15) is 11.8 Å². The number of nitriles is 2. The second-order valence-corrected chi connectivity index (χ2v) is 3.76. The molecule has 0 aliphatic carbocycles. The molecule has 0 spiro atoms. The van der Waals surface area contributed by atoms with Crippen LogP contribution in [0.1, 0.15) is 12.5 Å². The van der Waals surface area contributed by atoms with Crippen LogP contribution in [0.5, 0.6) is 0 Å². The number of carbonyl (C=O) groups is 1. The largest absolute Gasteiger partial charge is 0.506 e. The Balaban J connectivity index is 2.96. The van der Waals surface area contributed by atoms with E-state index in [2.05, 4.69) is 11.9 Å². The highest BCUT2D eigenvalue weighted by Gasteiger charge is 2.15. The minimum Gasteiger partial charge on any atom is -0.506 e. The van der Waals surface area contributed by atoms with Crippen LogP contribution in [0, 0.1) is 22.7 Å². The van der Waals surface area contributed by atoms with Gasteiger partial charge in [-0.05, 0) is 36.8 Å². The quantitative estimate of drug-likeness (QED) is 0.374. The normalized spacial score (nSPS) is 10.7. The Morgan fingerprint density at radius 3 is 2.32 bits per heavy atom. The van der Waals surface area contributed by atoms with E-state index in [1.165, 1.54) is 31.2 Å². The lowest BCUT2D eigenvalue weighted by molar-refractivity contribution is -0.112. The maximum Gasteiger partial charge on any atom is 0.270 e. The van der Waals surface area contributed by atoms with Crippen LogP contribution in [0.4, 0.5) is 5.69 Å². The number of allylic oxidation sites excluding steroid dienone is 1. The number of nitrogens with zero attached hydrogens (tertiary/aromatic N) is 2. The van der Waals surface area contributed by atoms with Gasteiger partial charge in [0.2, 0.25) is 0 Å². The molecule has 0 aliphatic rings. The van der Waals surface area contributed by atoms with Crippen LogP contribution in [-0.2, 0) is 4.79 Å². The number of hydrogen-bond donors (Lipinski definition) is 2. The van der Waals surface area contributed by atoms with E-state index in [1.54, 1.807) is 6.07 Å². The molecule has 1 aromatic carbocycles. The average Bonchev–Trinajstić information content (AvgIpc) is 2.40. The summed E-state index contributed by atoms with van der Waals surface area (Å²) >= 11 is 0. The third-order valence-corrected chi connectivity index (χ3v) is 2.25. The van der Waals surface area contributed by atoms with E-state index in [0.29, 0.717) is 11.3 Å². The number of hydrogen-bond acceptors (Lipinski definition) is 4. The lowest BCUT2D eigenvalue weighted by Gasteiger charge is -2.06. The fourth-order valence-corrected chi connectivity index (χ4v) is 1.25. The van der Waals surface area contributed by atoms with Gasteiger partial charge in [-0.2, -0.15) is 10.5 Å². The van der Waals surface area contributed by atoms with Gasteiger partial charge < -0.3 is 10.4 Å². The smallest absolute Gasteiger partial charge is 0.270 e. The van der Waals surface area contributed by atoms with Crippen LogP contribution in [0.3, 0.4) is 0 Å². The lowest BCUT2D eigenvalue weighted by Crippen LogP contribution is -2.15. The van der Waals surface area contributed by atoms with Gasteiger partial charge in [0.15, 0.2) is 5.57 Å². The second kappa shape index (κ2) is 6.04. The SMILES string of the molecule is C=C(C)/C(O)=C(\C#N)C(=O)Nc1ccc(C#N)cc1. The summed E-state index contributed by atoms with van der Waals surface area (Å²) in [5.74, 6) is -1.17. The number of benzene rings is 1. The molecular weight excluding hydrogens is 242 g/mol. The van der Waals surface area contributed by atoms with E-state index in [-0.39, 0.29) is 5.57 Å². The molecule has 0 saturated heterocycles. The molecule has 0 unspecified atom stereocenters. The number of nitrogens with one attached hydrogen (secondary N) is 1. The van der Waals surface area contributed by atoms with Gasteiger partial charge in [-0.1, -0.05) is 6.58 Å². The molecule has 0 bridgehead atoms. The number of aliphatic hydroxyl groups is 1. The summed E-state index contributed by atoms with van der Waals surface area (Å²) in [5.41, 5.74) is 0.702. The van der Waals surface area contributed by atoms with Crippen LogP contribution < -0.4 is 5.32 Å². The number of carbonyl (C=O) groups excluding carboxylic acids is 1. The monoisotopic (exact) mass is 253 g/mol. The third kappa shape index (κ3) is 3.45. The van der Waals surface area contributed by atoms with Crippen molar-refractivity contribution in [1.82, 2.24) is 0 Å². The molecule has 0 heterocycles. The number of aliphatic hydroxyl groups excluding tert-OH is 1. The maximum atomic E-state index is 11.8. The van der Waals surface area contributed by atoms with Gasteiger partial charge in [0, 0.05) is 5.69 Å². The van der Waals surface area contributed by atoms with E-state index in [4.69, 9.17) is 10.5 Å². The Morgan fingerprint density at radius 1 is 1.32 bits per heavy atom. The average molecular weight is 253 g/mol. The standard InChI is InChI=1S/C14H11N3O2/c1-9(2)13(18)12(8-16)14(19)17-11-5-3-10(7-15)4-6-11/h3-6,18H,1H2,2H3,(H,17,19)/b13-12-. The first-order valence-corrected chi connectivity index (χ1v) is 5.30. The summed E-state index contributed by atoms with van der Waals surface area (Å²) in [6.45, 7) is 4.95. The van der Waals surface area contributed by atoms with Gasteiger partial charge in [-0.15, -0.1) is 0 Å². The fourth-order valence-electron chi connectivity index (χ4n) is 1.25. The predicted molar refractivity (Wildman–Crippen MR) is 69.9 cm³/mol. The van der Waals surface area contributed by atoms with E-state index in [1.807, 2.05) is 6.07 Å². The Kier molecular flexibility index (Phi) is 4.45. The molecule has 0 atom stereocenters. The van der Waals surface area contributed by atoms with Crippen molar-refractivity contribution in [1.29, 1.82) is 10.5 Å². The molecule has 0 aliphatic heterocycles. The molecule has 0 saturated carbocycles. The second-order valence-electron chi connectivity index (χ2n) is 3.76. The van der Waals surface area contributed by atoms with Crippen LogP contribution >= 0.6 is 0 Å². The van der Waals surface area contributed by atoms with E-state index >= 15 is 0 Å². The summed E-state index contributed by atoms with van der Waals surface area (Å²) in [7, 11) is 0.